The number of aldehydes is 1. The average Bonchev–Trinajstić information content (AvgIpc) is 3.23. The average molecular weight is 408 g/mol. The maximum Gasteiger partial charge on any atom is 0.152 e. The Hall–Kier alpha value is -2.98. The van der Waals surface area contributed by atoms with E-state index in [1.165, 1.54) is 12.1 Å². The summed E-state index contributed by atoms with van der Waals surface area (Å²) in [5.41, 5.74) is 5.25. The normalized spacial score (nSPS) is 13.6. The van der Waals surface area contributed by atoms with E-state index < -0.39 is 0 Å². The second-order valence-electron chi connectivity index (χ2n) is 6.93. The van der Waals surface area contributed by atoms with E-state index in [9.17, 15) is 9.18 Å². The molecule has 1 aromatic heterocycles. The summed E-state index contributed by atoms with van der Waals surface area (Å²) in [6.45, 7) is 0.320. The van der Waals surface area contributed by atoms with Gasteiger partial charge in [0.05, 0.1) is 5.69 Å². The third kappa shape index (κ3) is 4.22. The highest BCUT2D eigenvalue weighted by molar-refractivity contribution is 6.30. The van der Waals surface area contributed by atoms with Crippen LogP contribution in [0.4, 0.5) is 4.39 Å². The number of ether oxygens (including phenoxy) is 1. The highest BCUT2D eigenvalue weighted by Gasteiger charge is 2.23. The first-order valence-corrected chi connectivity index (χ1v) is 9.83. The number of rotatable bonds is 6. The van der Waals surface area contributed by atoms with Gasteiger partial charge in [-0.25, -0.2) is 4.39 Å². The Morgan fingerprint density at radius 3 is 2.66 bits per heavy atom. The number of pyridine rings is 1. The quantitative estimate of drug-likeness (QED) is 0.446. The van der Waals surface area contributed by atoms with Gasteiger partial charge in [-0.2, -0.15) is 0 Å². The molecule has 5 heteroatoms. The molecule has 0 amide bonds. The van der Waals surface area contributed by atoms with E-state index in [2.05, 4.69) is 4.98 Å². The fourth-order valence-corrected chi connectivity index (χ4v) is 3.84. The standard InChI is InChI=1S/C24H19ClFNO2/c25-18-8-11-23(29-15-16-6-9-19(26)10-7-16)22(13-18)20-4-1-5-21(20)24-17(14-28)3-2-12-27-24/h2-3,6-14H,1,4-5,15H2. The van der Waals surface area contributed by atoms with E-state index >= 15 is 0 Å². The second-order valence-corrected chi connectivity index (χ2v) is 7.36. The smallest absolute Gasteiger partial charge is 0.152 e. The van der Waals surface area contributed by atoms with Gasteiger partial charge in [0.2, 0.25) is 0 Å². The van der Waals surface area contributed by atoms with Crippen LogP contribution >= 0.6 is 11.6 Å². The van der Waals surface area contributed by atoms with E-state index in [-0.39, 0.29) is 5.82 Å². The third-order valence-corrected chi connectivity index (χ3v) is 5.28. The lowest BCUT2D eigenvalue weighted by Crippen LogP contribution is -2.00. The summed E-state index contributed by atoms with van der Waals surface area (Å²) in [7, 11) is 0. The minimum Gasteiger partial charge on any atom is -0.488 e. The van der Waals surface area contributed by atoms with Crippen LogP contribution in [0, 0.1) is 5.82 Å². The molecule has 0 unspecified atom stereocenters. The van der Waals surface area contributed by atoms with Crippen molar-refractivity contribution >= 4 is 29.0 Å². The summed E-state index contributed by atoms with van der Waals surface area (Å²) in [4.78, 5) is 16.0. The highest BCUT2D eigenvalue weighted by Crippen LogP contribution is 2.43. The molecule has 0 aliphatic heterocycles. The zero-order valence-electron chi connectivity index (χ0n) is 15.7. The Morgan fingerprint density at radius 2 is 1.86 bits per heavy atom. The Balaban J connectivity index is 1.72. The number of halogens is 2. The van der Waals surface area contributed by atoms with Gasteiger partial charge >= 0.3 is 0 Å². The number of allylic oxidation sites excluding steroid dienone is 2. The number of hydrogen-bond donors (Lipinski definition) is 0. The number of nitrogens with zero attached hydrogens (tertiary/aromatic N) is 1. The van der Waals surface area contributed by atoms with Gasteiger partial charge in [-0.15, -0.1) is 0 Å². The van der Waals surface area contributed by atoms with Crippen LogP contribution in [-0.4, -0.2) is 11.3 Å². The molecular formula is C24H19ClFNO2. The first-order valence-electron chi connectivity index (χ1n) is 9.45. The van der Waals surface area contributed by atoms with Crippen LogP contribution in [0.15, 0.2) is 60.8 Å². The molecule has 0 atom stereocenters. The predicted octanol–water partition coefficient (Wildman–Crippen LogP) is 6.36. The number of carbonyl (C=O) groups is 1. The van der Waals surface area contributed by atoms with Crippen molar-refractivity contribution in [3.63, 3.8) is 0 Å². The lowest BCUT2D eigenvalue weighted by molar-refractivity contribution is 0.112. The van der Waals surface area contributed by atoms with Crippen molar-refractivity contribution in [1.29, 1.82) is 0 Å². The van der Waals surface area contributed by atoms with Crippen LogP contribution < -0.4 is 4.74 Å². The number of benzene rings is 2. The lowest BCUT2D eigenvalue weighted by Gasteiger charge is -2.15. The SMILES string of the molecule is O=Cc1cccnc1C1=C(c2cc(Cl)ccc2OCc2ccc(F)cc2)CCC1. The van der Waals surface area contributed by atoms with E-state index in [4.69, 9.17) is 16.3 Å². The van der Waals surface area contributed by atoms with E-state index in [1.54, 1.807) is 36.5 Å². The second kappa shape index (κ2) is 8.58. The van der Waals surface area contributed by atoms with Crippen molar-refractivity contribution in [1.82, 2.24) is 4.98 Å². The molecule has 0 saturated heterocycles. The zero-order valence-corrected chi connectivity index (χ0v) is 16.5. The maximum atomic E-state index is 13.1. The van der Waals surface area contributed by atoms with Crippen molar-refractivity contribution in [3.05, 3.63) is 94.0 Å². The van der Waals surface area contributed by atoms with Crippen molar-refractivity contribution in [3.8, 4) is 5.75 Å². The van der Waals surface area contributed by atoms with Crippen molar-refractivity contribution in [2.45, 2.75) is 25.9 Å². The summed E-state index contributed by atoms with van der Waals surface area (Å²) < 4.78 is 19.2. The predicted molar refractivity (Wildman–Crippen MR) is 112 cm³/mol. The molecule has 1 aliphatic rings. The number of hydrogen-bond acceptors (Lipinski definition) is 3. The number of aromatic nitrogens is 1. The highest BCUT2D eigenvalue weighted by atomic mass is 35.5. The molecule has 29 heavy (non-hydrogen) atoms. The molecular weight excluding hydrogens is 389 g/mol. The van der Waals surface area contributed by atoms with Crippen LogP contribution in [0.3, 0.4) is 0 Å². The van der Waals surface area contributed by atoms with E-state index in [0.29, 0.717) is 22.9 Å². The van der Waals surface area contributed by atoms with Gasteiger partial charge in [-0.3, -0.25) is 9.78 Å². The van der Waals surface area contributed by atoms with E-state index in [0.717, 1.165) is 53.5 Å². The van der Waals surface area contributed by atoms with Crippen LogP contribution in [-0.2, 0) is 6.61 Å². The molecule has 1 heterocycles. The summed E-state index contributed by atoms with van der Waals surface area (Å²) >= 11 is 6.29. The fourth-order valence-electron chi connectivity index (χ4n) is 3.67. The topological polar surface area (TPSA) is 39.2 Å². The van der Waals surface area contributed by atoms with Gasteiger partial charge < -0.3 is 4.74 Å². The minimum absolute atomic E-state index is 0.275. The Kier molecular flexibility index (Phi) is 5.72. The molecule has 0 bridgehead atoms. The summed E-state index contributed by atoms with van der Waals surface area (Å²) in [6, 6.07) is 15.3. The van der Waals surface area contributed by atoms with Crippen molar-refractivity contribution < 1.29 is 13.9 Å². The van der Waals surface area contributed by atoms with Crippen molar-refractivity contribution in [2.75, 3.05) is 0 Å². The Bertz CT molecular complexity index is 1080. The third-order valence-electron chi connectivity index (χ3n) is 5.04. The number of carbonyl (C=O) groups excluding carboxylic acids is 1. The molecule has 0 saturated carbocycles. The molecule has 0 N–H and O–H groups in total. The van der Waals surface area contributed by atoms with Gasteiger partial charge in [0, 0.05) is 22.3 Å². The minimum atomic E-state index is -0.275. The van der Waals surface area contributed by atoms with Crippen molar-refractivity contribution in [2.24, 2.45) is 0 Å². The molecule has 0 fully saturated rings. The molecule has 2 aromatic carbocycles. The molecule has 4 rings (SSSR count). The lowest BCUT2D eigenvalue weighted by atomic mass is 9.97. The van der Waals surface area contributed by atoms with Gasteiger partial charge in [0.1, 0.15) is 18.2 Å². The first kappa shape index (κ1) is 19.3. The molecule has 1 aliphatic carbocycles. The Labute approximate surface area is 173 Å². The van der Waals surface area contributed by atoms with Gasteiger partial charge in [-0.1, -0.05) is 23.7 Å². The first-order chi connectivity index (χ1) is 14.2. The van der Waals surface area contributed by atoms with Gasteiger partial charge in [0.25, 0.3) is 0 Å². The summed E-state index contributed by atoms with van der Waals surface area (Å²) in [5, 5.41) is 0.615. The Morgan fingerprint density at radius 1 is 1.07 bits per heavy atom. The zero-order chi connectivity index (χ0) is 20.2. The van der Waals surface area contributed by atoms with E-state index in [1.807, 2.05) is 12.1 Å². The van der Waals surface area contributed by atoms with Crippen LogP contribution in [0.25, 0.3) is 11.1 Å². The largest absolute Gasteiger partial charge is 0.488 e. The fraction of sp³-hybridized carbons (Fsp3) is 0.167. The van der Waals surface area contributed by atoms with Crippen LogP contribution in [0.2, 0.25) is 5.02 Å². The monoisotopic (exact) mass is 407 g/mol. The summed E-state index contributed by atoms with van der Waals surface area (Å²) in [6.07, 6.45) is 5.22. The maximum absolute atomic E-state index is 13.1. The molecule has 3 nitrogen and oxygen atoms in total. The molecule has 3 aromatic rings. The van der Waals surface area contributed by atoms with Gasteiger partial charge in [-0.05, 0) is 78.4 Å². The molecule has 0 radical (unpaired) electrons. The molecule has 0 spiro atoms. The van der Waals surface area contributed by atoms with Gasteiger partial charge in [0.15, 0.2) is 6.29 Å². The summed E-state index contributed by atoms with van der Waals surface area (Å²) in [5.74, 6) is 0.430. The molecule has 146 valence electrons. The van der Waals surface area contributed by atoms with Crippen LogP contribution in [0.1, 0.15) is 46.4 Å². The van der Waals surface area contributed by atoms with Crippen LogP contribution in [0.5, 0.6) is 5.75 Å².